The van der Waals surface area contributed by atoms with E-state index in [4.69, 9.17) is 24.2 Å². The largest absolute Gasteiger partial charge is 0.382 e. The number of ether oxygens (including phenoxy) is 3. The SMILES string of the molecule is COCC1CN(c2nc(CN3CCOCC3)nc3sc4c(c23)CCCC4)CC(C)O1. The van der Waals surface area contributed by atoms with E-state index in [-0.39, 0.29) is 12.2 Å². The van der Waals surface area contributed by atoms with Crippen LogP contribution in [0.15, 0.2) is 0 Å². The van der Waals surface area contributed by atoms with Gasteiger partial charge < -0.3 is 19.1 Å². The van der Waals surface area contributed by atoms with E-state index in [2.05, 4.69) is 16.7 Å². The number of morpholine rings is 2. The van der Waals surface area contributed by atoms with Crippen LogP contribution in [-0.4, -0.2) is 80.2 Å². The van der Waals surface area contributed by atoms with Crippen LogP contribution in [0.5, 0.6) is 0 Å². The molecule has 0 amide bonds. The Kier molecular flexibility index (Phi) is 6.20. The van der Waals surface area contributed by atoms with Gasteiger partial charge in [0.1, 0.15) is 16.5 Å². The van der Waals surface area contributed by atoms with Gasteiger partial charge in [-0.2, -0.15) is 0 Å². The number of aryl methyl sites for hydroxylation is 2. The first-order valence-electron chi connectivity index (χ1n) is 11.2. The van der Waals surface area contributed by atoms with Crippen molar-refractivity contribution in [2.75, 3.05) is 58.0 Å². The second-order valence-corrected chi connectivity index (χ2v) is 9.76. The lowest BCUT2D eigenvalue weighted by Crippen LogP contribution is -2.48. The third-order valence-corrected chi connectivity index (χ3v) is 7.47. The highest BCUT2D eigenvalue weighted by atomic mass is 32.1. The summed E-state index contributed by atoms with van der Waals surface area (Å²) in [5.41, 5.74) is 1.50. The maximum absolute atomic E-state index is 6.11. The average molecular weight is 433 g/mol. The third kappa shape index (κ3) is 4.21. The van der Waals surface area contributed by atoms with Crippen LogP contribution in [0.3, 0.4) is 0 Å². The van der Waals surface area contributed by atoms with E-state index in [1.807, 2.05) is 11.3 Å². The molecule has 2 aliphatic heterocycles. The van der Waals surface area contributed by atoms with E-state index in [1.54, 1.807) is 7.11 Å². The molecule has 0 radical (unpaired) electrons. The molecule has 0 bridgehead atoms. The minimum atomic E-state index is 0.0703. The Labute approximate surface area is 182 Å². The molecule has 7 nitrogen and oxygen atoms in total. The van der Waals surface area contributed by atoms with Gasteiger partial charge in [-0.15, -0.1) is 11.3 Å². The fourth-order valence-corrected chi connectivity index (χ4v) is 6.21. The van der Waals surface area contributed by atoms with Gasteiger partial charge in [-0.3, -0.25) is 4.90 Å². The molecule has 0 aromatic carbocycles. The highest BCUT2D eigenvalue weighted by molar-refractivity contribution is 7.19. The highest BCUT2D eigenvalue weighted by Gasteiger charge is 2.30. The van der Waals surface area contributed by atoms with Gasteiger partial charge in [0.2, 0.25) is 0 Å². The van der Waals surface area contributed by atoms with E-state index in [0.29, 0.717) is 6.61 Å². The number of methoxy groups -OCH3 is 1. The molecule has 2 unspecified atom stereocenters. The second-order valence-electron chi connectivity index (χ2n) is 8.67. The van der Waals surface area contributed by atoms with Crippen LogP contribution in [0.4, 0.5) is 5.82 Å². The molecule has 3 aliphatic rings. The summed E-state index contributed by atoms with van der Waals surface area (Å²) in [4.78, 5) is 17.7. The van der Waals surface area contributed by atoms with Gasteiger partial charge in [-0.25, -0.2) is 9.97 Å². The zero-order valence-corrected chi connectivity index (χ0v) is 18.9. The van der Waals surface area contributed by atoms with Crippen LogP contribution < -0.4 is 4.90 Å². The molecule has 4 heterocycles. The van der Waals surface area contributed by atoms with Crippen LogP contribution in [-0.2, 0) is 33.6 Å². The Morgan fingerprint density at radius 3 is 2.80 bits per heavy atom. The fourth-order valence-electron chi connectivity index (χ4n) is 4.94. The number of hydrogen-bond acceptors (Lipinski definition) is 8. The van der Waals surface area contributed by atoms with Crippen molar-refractivity contribution in [2.24, 2.45) is 0 Å². The van der Waals surface area contributed by atoms with E-state index >= 15 is 0 Å². The summed E-state index contributed by atoms with van der Waals surface area (Å²) in [5, 5.41) is 1.30. The molecule has 0 N–H and O–H groups in total. The number of nitrogens with zero attached hydrogens (tertiary/aromatic N) is 4. The summed E-state index contributed by atoms with van der Waals surface area (Å²) in [6.07, 6.45) is 5.10. The van der Waals surface area contributed by atoms with Gasteiger partial charge in [-0.1, -0.05) is 0 Å². The summed E-state index contributed by atoms with van der Waals surface area (Å²) in [7, 11) is 1.74. The van der Waals surface area contributed by atoms with Gasteiger partial charge in [0, 0.05) is 38.2 Å². The molecule has 1 aliphatic carbocycles. The fraction of sp³-hybridized carbons (Fsp3) is 0.727. The summed E-state index contributed by atoms with van der Waals surface area (Å²) >= 11 is 1.89. The van der Waals surface area contributed by atoms with E-state index in [0.717, 1.165) is 68.8 Å². The van der Waals surface area contributed by atoms with Crippen molar-refractivity contribution in [1.29, 1.82) is 0 Å². The highest BCUT2D eigenvalue weighted by Crippen LogP contribution is 2.40. The molecule has 30 heavy (non-hydrogen) atoms. The second kappa shape index (κ2) is 9.04. The molecule has 8 heteroatoms. The molecule has 5 rings (SSSR count). The average Bonchev–Trinajstić information content (AvgIpc) is 3.12. The maximum Gasteiger partial charge on any atom is 0.146 e. The quantitative estimate of drug-likeness (QED) is 0.720. The minimum absolute atomic E-state index is 0.0703. The lowest BCUT2D eigenvalue weighted by molar-refractivity contribution is -0.0512. The van der Waals surface area contributed by atoms with Gasteiger partial charge in [0.05, 0.1) is 44.0 Å². The molecule has 2 aromatic heterocycles. The summed E-state index contributed by atoms with van der Waals surface area (Å²) in [6, 6.07) is 0. The van der Waals surface area contributed by atoms with Crippen LogP contribution in [0, 0.1) is 0 Å². The van der Waals surface area contributed by atoms with Crippen molar-refractivity contribution in [3.05, 3.63) is 16.3 Å². The normalized spacial score (nSPS) is 25.6. The number of fused-ring (bicyclic) bond motifs is 3. The first-order chi connectivity index (χ1) is 14.7. The van der Waals surface area contributed by atoms with Crippen molar-refractivity contribution >= 4 is 27.4 Å². The van der Waals surface area contributed by atoms with E-state index < -0.39 is 0 Å². The van der Waals surface area contributed by atoms with Gasteiger partial charge in [-0.05, 0) is 38.2 Å². The van der Waals surface area contributed by atoms with Crippen molar-refractivity contribution < 1.29 is 14.2 Å². The summed E-state index contributed by atoms with van der Waals surface area (Å²) < 4.78 is 17.0. The molecule has 0 saturated carbocycles. The standard InChI is InChI=1S/C22H32N4O3S/c1-15-11-26(12-16(29-15)14-27-2)21-20-17-5-3-4-6-18(17)30-22(20)24-19(23-21)13-25-7-9-28-10-8-25/h15-16H,3-14H2,1-2H3. The Bertz CT molecular complexity index is 883. The van der Waals surface area contributed by atoms with Crippen molar-refractivity contribution in [3.8, 4) is 0 Å². The molecule has 2 atom stereocenters. The molecule has 2 saturated heterocycles. The Morgan fingerprint density at radius 1 is 1.13 bits per heavy atom. The van der Waals surface area contributed by atoms with Gasteiger partial charge in [0.25, 0.3) is 0 Å². The molecular formula is C22H32N4O3S. The van der Waals surface area contributed by atoms with Crippen molar-refractivity contribution in [2.45, 2.75) is 51.4 Å². The van der Waals surface area contributed by atoms with Gasteiger partial charge >= 0.3 is 0 Å². The van der Waals surface area contributed by atoms with Crippen LogP contribution in [0.2, 0.25) is 0 Å². The minimum Gasteiger partial charge on any atom is -0.382 e. The third-order valence-electron chi connectivity index (χ3n) is 6.29. The number of anilines is 1. The smallest absolute Gasteiger partial charge is 0.146 e. The van der Waals surface area contributed by atoms with Gasteiger partial charge in [0.15, 0.2) is 0 Å². The predicted molar refractivity (Wildman–Crippen MR) is 119 cm³/mol. The zero-order chi connectivity index (χ0) is 20.5. The molecule has 2 fully saturated rings. The lowest BCUT2D eigenvalue weighted by atomic mass is 9.96. The number of aromatic nitrogens is 2. The van der Waals surface area contributed by atoms with Crippen molar-refractivity contribution in [1.82, 2.24) is 14.9 Å². The summed E-state index contributed by atoms with van der Waals surface area (Å²) in [6.45, 7) is 8.69. The summed E-state index contributed by atoms with van der Waals surface area (Å²) in [5.74, 6) is 2.04. The first kappa shape index (κ1) is 20.6. The van der Waals surface area contributed by atoms with Crippen molar-refractivity contribution in [3.63, 3.8) is 0 Å². The number of thiophene rings is 1. The van der Waals surface area contributed by atoms with Crippen LogP contribution in [0.1, 0.15) is 36.0 Å². The Morgan fingerprint density at radius 2 is 1.97 bits per heavy atom. The molecule has 164 valence electrons. The number of rotatable bonds is 5. The molecule has 2 aromatic rings. The predicted octanol–water partition coefficient (Wildman–Crippen LogP) is 2.64. The Hall–Kier alpha value is -1.32. The van der Waals surface area contributed by atoms with E-state index in [9.17, 15) is 0 Å². The zero-order valence-electron chi connectivity index (χ0n) is 18.1. The monoisotopic (exact) mass is 432 g/mol. The van der Waals surface area contributed by atoms with Crippen LogP contribution in [0.25, 0.3) is 10.2 Å². The lowest BCUT2D eigenvalue weighted by Gasteiger charge is -2.38. The molecular weight excluding hydrogens is 400 g/mol. The first-order valence-corrected chi connectivity index (χ1v) is 12.0. The van der Waals surface area contributed by atoms with E-state index in [1.165, 1.54) is 35.1 Å². The van der Waals surface area contributed by atoms with Crippen LogP contribution >= 0.6 is 11.3 Å². The number of hydrogen-bond donors (Lipinski definition) is 0. The Balaban J connectivity index is 1.54. The maximum atomic E-state index is 6.11. The molecule has 0 spiro atoms. The topological polar surface area (TPSA) is 60.0 Å².